The SMILES string of the molecule is CCCNc1nc(Nc2ccc(C(N)=O)cc2)ncc1C(=O)Nc1cccc(NC(=O)[C@H](C)NC)c1. The van der Waals surface area contributed by atoms with Gasteiger partial charge < -0.3 is 32.3 Å². The van der Waals surface area contributed by atoms with Crippen LogP contribution < -0.4 is 32.3 Å². The van der Waals surface area contributed by atoms with Crippen molar-refractivity contribution in [1.82, 2.24) is 15.3 Å². The van der Waals surface area contributed by atoms with E-state index < -0.39 is 11.8 Å². The Morgan fingerprint density at radius 1 is 1.00 bits per heavy atom. The number of nitrogens with zero attached hydrogens (tertiary/aromatic N) is 2. The van der Waals surface area contributed by atoms with E-state index in [2.05, 4.69) is 36.6 Å². The van der Waals surface area contributed by atoms with Crippen molar-refractivity contribution in [2.45, 2.75) is 26.3 Å². The summed E-state index contributed by atoms with van der Waals surface area (Å²) in [4.78, 5) is 45.2. The minimum atomic E-state index is -0.514. The maximum atomic E-state index is 13.1. The number of nitrogens with two attached hydrogens (primary N) is 1. The molecule has 3 rings (SSSR count). The fraction of sp³-hybridized carbons (Fsp3) is 0.240. The molecule has 0 spiro atoms. The Morgan fingerprint density at radius 3 is 2.33 bits per heavy atom. The molecular formula is C25H30N8O3. The van der Waals surface area contributed by atoms with Gasteiger partial charge in [0.2, 0.25) is 17.8 Å². The summed E-state index contributed by atoms with van der Waals surface area (Å²) in [6.07, 6.45) is 2.26. The second-order valence-corrected chi connectivity index (χ2v) is 7.98. The number of anilines is 5. The highest BCUT2D eigenvalue weighted by Gasteiger charge is 2.16. The molecule has 0 aliphatic carbocycles. The van der Waals surface area contributed by atoms with Gasteiger partial charge in [-0.1, -0.05) is 13.0 Å². The van der Waals surface area contributed by atoms with Crippen LogP contribution in [0.4, 0.5) is 28.8 Å². The van der Waals surface area contributed by atoms with Crippen molar-refractivity contribution in [1.29, 1.82) is 0 Å². The number of likely N-dealkylation sites (N-methyl/N-ethyl adjacent to an activating group) is 1. The molecule has 3 amide bonds. The largest absolute Gasteiger partial charge is 0.369 e. The van der Waals surface area contributed by atoms with Gasteiger partial charge in [0.25, 0.3) is 5.91 Å². The van der Waals surface area contributed by atoms with E-state index in [1.807, 2.05) is 6.92 Å². The number of nitrogens with one attached hydrogen (secondary N) is 5. The first-order valence-corrected chi connectivity index (χ1v) is 11.5. The molecule has 0 saturated heterocycles. The van der Waals surface area contributed by atoms with Crippen LogP contribution in [0.2, 0.25) is 0 Å². The normalized spacial score (nSPS) is 11.3. The van der Waals surface area contributed by atoms with Crippen LogP contribution in [0.1, 0.15) is 41.0 Å². The van der Waals surface area contributed by atoms with Crippen LogP contribution in [0.25, 0.3) is 0 Å². The predicted octanol–water partition coefficient (Wildman–Crippen LogP) is 2.94. The van der Waals surface area contributed by atoms with Gasteiger partial charge in [0, 0.05) is 35.4 Å². The molecule has 1 aromatic heterocycles. The molecule has 0 aliphatic rings. The molecule has 0 unspecified atom stereocenters. The summed E-state index contributed by atoms with van der Waals surface area (Å²) in [5, 5.41) is 14.7. The number of hydrogen-bond acceptors (Lipinski definition) is 8. The quantitative estimate of drug-likeness (QED) is 0.239. The van der Waals surface area contributed by atoms with Crippen LogP contribution in [0.3, 0.4) is 0 Å². The number of rotatable bonds is 11. The first-order valence-electron chi connectivity index (χ1n) is 11.5. The zero-order valence-electron chi connectivity index (χ0n) is 20.4. The monoisotopic (exact) mass is 490 g/mol. The van der Waals surface area contributed by atoms with Crippen LogP contribution >= 0.6 is 0 Å². The van der Waals surface area contributed by atoms with E-state index in [0.29, 0.717) is 35.0 Å². The van der Waals surface area contributed by atoms with Gasteiger partial charge >= 0.3 is 0 Å². The summed E-state index contributed by atoms with van der Waals surface area (Å²) in [5.74, 6) is -0.460. The van der Waals surface area contributed by atoms with E-state index in [0.717, 1.165) is 6.42 Å². The predicted molar refractivity (Wildman–Crippen MR) is 141 cm³/mol. The molecule has 2 aromatic carbocycles. The molecule has 3 aromatic rings. The lowest BCUT2D eigenvalue weighted by atomic mass is 10.2. The zero-order chi connectivity index (χ0) is 26.1. The number of benzene rings is 2. The first-order chi connectivity index (χ1) is 17.3. The van der Waals surface area contributed by atoms with Crippen LogP contribution in [0.5, 0.6) is 0 Å². The van der Waals surface area contributed by atoms with Crippen LogP contribution in [0.15, 0.2) is 54.7 Å². The number of hydrogen-bond donors (Lipinski definition) is 6. The highest BCUT2D eigenvalue weighted by atomic mass is 16.2. The van der Waals surface area contributed by atoms with E-state index in [-0.39, 0.29) is 23.5 Å². The maximum Gasteiger partial charge on any atom is 0.260 e. The average molecular weight is 491 g/mol. The van der Waals surface area contributed by atoms with Crippen molar-refractivity contribution >= 4 is 46.5 Å². The van der Waals surface area contributed by atoms with Crippen molar-refractivity contribution in [2.24, 2.45) is 5.73 Å². The lowest BCUT2D eigenvalue weighted by Gasteiger charge is -2.14. The summed E-state index contributed by atoms with van der Waals surface area (Å²) in [5.41, 5.74) is 7.65. The Balaban J connectivity index is 1.77. The molecule has 0 radical (unpaired) electrons. The van der Waals surface area contributed by atoms with E-state index in [9.17, 15) is 14.4 Å². The highest BCUT2D eigenvalue weighted by Crippen LogP contribution is 2.21. The third-order valence-electron chi connectivity index (χ3n) is 5.22. The van der Waals surface area contributed by atoms with Gasteiger partial charge in [0.15, 0.2) is 0 Å². The third-order valence-corrected chi connectivity index (χ3v) is 5.22. The number of aromatic nitrogens is 2. The van der Waals surface area contributed by atoms with Gasteiger partial charge in [-0.2, -0.15) is 4.98 Å². The summed E-state index contributed by atoms with van der Waals surface area (Å²) < 4.78 is 0. The molecule has 1 heterocycles. The molecule has 11 nitrogen and oxygen atoms in total. The van der Waals surface area contributed by atoms with Gasteiger partial charge in [-0.15, -0.1) is 0 Å². The number of primary amides is 1. The molecule has 0 saturated carbocycles. The van der Waals surface area contributed by atoms with Gasteiger partial charge in [0.05, 0.1) is 6.04 Å². The summed E-state index contributed by atoms with van der Waals surface area (Å²) in [7, 11) is 1.70. The smallest absolute Gasteiger partial charge is 0.260 e. The lowest BCUT2D eigenvalue weighted by Crippen LogP contribution is -2.35. The fourth-order valence-corrected chi connectivity index (χ4v) is 3.09. The topological polar surface area (TPSA) is 163 Å². The Hall–Kier alpha value is -4.51. The zero-order valence-corrected chi connectivity index (χ0v) is 20.4. The number of carbonyl (C=O) groups excluding carboxylic acids is 3. The molecule has 7 N–H and O–H groups in total. The van der Waals surface area contributed by atoms with Gasteiger partial charge in [-0.3, -0.25) is 14.4 Å². The number of carbonyl (C=O) groups is 3. The molecular weight excluding hydrogens is 460 g/mol. The van der Waals surface area contributed by atoms with E-state index in [4.69, 9.17) is 5.73 Å². The Kier molecular flexibility index (Phi) is 8.89. The summed E-state index contributed by atoms with van der Waals surface area (Å²) in [6, 6.07) is 13.1. The van der Waals surface area contributed by atoms with Crippen molar-refractivity contribution < 1.29 is 14.4 Å². The Labute approximate surface area is 209 Å². The van der Waals surface area contributed by atoms with E-state index in [1.54, 1.807) is 62.5 Å². The fourth-order valence-electron chi connectivity index (χ4n) is 3.09. The standard InChI is InChI=1S/C25H30N8O3/c1-4-12-28-22-20(14-29-25(33-22)32-17-10-8-16(9-11-17)21(26)34)24(36)31-19-7-5-6-18(13-19)30-23(35)15(2)27-3/h5-11,13-15,27H,4,12H2,1-3H3,(H2,26,34)(H,30,35)(H,31,36)(H2,28,29,32,33)/t15-/m0/s1. The Bertz CT molecular complexity index is 1230. The molecule has 188 valence electrons. The van der Waals surface area contributed by atoms with E-state index in [1.165, 1.54) is 6.20 Å². The average Bonchev–Trinajstić information content (AvgIpc) is 2.87. The highest BCUT2D eigenvalue weighted by molar-refractivity contribution is 6.07. The van der Waals surface area contributed by atoms with Crippen molar-refractivity contribution in [3.8, 4) is 0 Å². The molecule has 1 atom stereocenters. The molecule has 36 heavy (non-hydrogen) atoms. The second kappa shape index (κ2) is 12.3. The van der Waals surface area contributed by atoms with Crippen molar-refractivity contribution in [3.05, 3.63) is 65.9 Å². The van der Waals surface area contributed by atoms with Gasteiger partial charge in [-0.05, 0) is 62.9 Å². The van der Waals surface area contributed by atoms with Gasteiger partial charge in [-0.25, -0.2) is 4.98 Å². The summed E-state index contributed by atoms with van der Waals surface area (Å²) >= 11 is 0. The first kappa shape index (κ1) is 26.1. The second-order valence-electron chi connectivity index (χ2n) is 7.98. The molecule has 0 bridgehead atoms. The molecule has 0 aliphatic heterocycles. The van der Waals surface area contributed by atoms with Crippen LogP contribution in [-0.4, -0.2) is 47.3 Å². The van der Waals surface area contributed by atoms with Gasteiger partial charge in [0.1, 0.15) is 11.4 Å². The molecule has 0 fully saturated rings. The summed E-state index contributed by atoms with van der Waals surface area (Å²) in [6.45, 7) is 4.36. The van der Waals surface area contributed by atoms with Crippen LogP contribution in [-0.2, 0) is 4.79 Å². The third kappa shape index (κ3) is 7.00. The van der Waals surface area contributed by atoms with Crippen molar-refractivity contribution in [2.75, 3.05) is 34.9 Å². The lowest BCUT2D eigenvalue weighted by molar-refractivity contribution is -0.117. The number of amides is 3. The van der Waals surface area contributed by atoms with Crippen molar-refractivity contribution in [3.63, 3.8) is 0 Å². The maximum absolute atomic E-state index is 13.1. The molecule has 11 heteroatoms. The minimum absolute atomic E-state index is 0.187. The van der Waals surface area contributed by atoms with E-state index >= 15 is 0 Å². The van der Waals surface area contributed by atoms with Crippen LogP contribution in [0, 0.1) is 0 Å². The Morgan fingerprint density at radius 2 is 1.69 bits per heavy atom. The minimum Gasteiger partial charge on any atom is -0.369 e.